The maximum atomic E-state index is 13.9. The molecule has 0 atom stereocenters. The predicted molar refractivity (Wildman–Crippen MR) is 72.2 cm³/mol. The van der Waals surface area contributed by atoms with E-state index in [9.17, 15) is 4.39 Å². The van der Waals surface area contributed by atoms with E-state index in [1.807, 2.05) is 16.0 Å². The van der Waals surface area contributed by atoms with Crippen molar-refractivity contribution in [3.8, 4) is 11.6 Å². The highest BCUT2D eigenvalue weighted by molar-refractivity contribution is 7.15. The Morgan fingerprint density at radius 2 is 2.32 bits per heavy atom. The largest absolute Gasteiger partial charge is 0.434 e. The molecule has 1 aromatic carbocycles. The quantitative estimate of drug-likeness (QED) is 0.800. The third kappa shape index (κ3) is 1.98. The van der Waals surface area contributed by atoms with Crippen LogP contribution < -0.4 is 10.5 Å². The molecular formula is C13H12FN3OS. The number of thiazole rings is 1. The van der Waals surface area contributed by atoms with Gasteiger partial charge in [-0.25, -0.2) is 4.39 Å². The fraction of sp³-hybridized carbons (Fsp3) is 0.154. The first kappa shape index (κ1) is 12.1. The molecule has 0 saturated heterocycles. The molecule has 4 nitrogen and oxygen atoms in total. The maximum absolute atomic E-state index is 13.9. The van der Waals surface area contributed by atoms with Crippen molar-refractivity contribution in [1.82, 2.24) is 9.38 Å². The topological polar surface area (TPSA) is 52.5 Å². The molecule has 0 aliphatic rings. The van der Waals surface area contributed by atoms with E-state index in [4.69, 9.17) is 10.5 Å². The second kappa shape index (κ2) is 4.64. The number of hydrogen-bond acceptors (Lipinski definition) is 4. The highest BCUT2D eigenvalue weighted by Gasteiger charge is 2.16. The number of ether oxygens (including phenoxy) is 1. The molecule has 0 amide bonds. The summed E-state index contributed by atoms with van der Waals surface area (Å²) in [6.45, 7) is 1.97. The average Bonchev–Trinajstić information content (AvgIpc) is 2.95. The molecule has 3 aromatic rings. The molecule has 0 radical (unpaired) electrons. The molecular weight excluding hydrogens is 265 g/mol. The van der Waals surface area contributed by atoms with E-state index < -0.39 is 0 Å². The van der Waals surface area contributed by atoms with Crippen molar-refractivity contribution >= 4 is 16.3 Å². The molecule has 6 heteroatoms. The van der Waals surface area contributed by atoms with Crippen LogP contribution in [0.4, 0.5) is 4.39 Å². The Labute approximate surface area is 113 Å². The van der Waals surface area contributed by atoms with Crippen molar-refractivity contribution in [2.24, 2.45) is 5.73 Å². The standard InChI is InChI=1S/C13H12FN3OS/c1-8-3-2-4-10(11(8)14)18-12-9(7-15)17-5-6-19-13(17)16-12/h2-6H,7,15H2,1H3. The van der Waals surface area contributed by atoms with Crippen LogP contribution in [0.2, 0.25) is 0 Å². The Balaban J connectivity index is 2.05. The van der Waals surface area contributed by atoms with Crippen LogP contribution in [0.25, 0.3) is 4.96 Å². The normalized spacial score (nSPS) is 11.1. The first-order valence-corrected chi connectivity index (χ1v) is 6.66. The zero-order valence-electron chi connectivity index (χ0n) is 10.3. The summed E-state index contributed by atoms with van der Waals surface area (Å²) in [7, 11) is 0. The number of hydrogen-bond donors (Lipinski definition) is 1. The van der Waals surface area contributed by atoms with Gasteiger partial charge >= 0.3 is 0 Å². The number of rotatable bonds is 3. The van der Waals surface area contributed by atoms with Gasteiger partial charge in [-0.15, -0.1) is 11.3 Å². The summed E-state index contributed by atoms with van der Waals surface area (Å²) < 4.78 is 21.3. The summed E-state index contributed by atoms with van der Waals surface area (Å²) in [5.74, 6) is 0.154. The van der Waals surface area contributed by atoms with Crippen LogP contribution in [0.5, 0.6) is 11.6 Å². The fourth-order valence-corrected chi connectivity index (χ4v) is 2.61. The number of aryl methyl sites for hydroxylation is 1. The van der Waals surface area contributed by atoms with Gasteiger partial charge in [0.1, 0.15) is 5.69 Å². The van der Waals surface area contributed by atoms with Gasteiger partial charge in [0.05, 0.1) is 0 Å². The van der Waals surface area contributed by atoms with Crippen LogP contribution in [0.15, 0.2) is 29.8 Å². The summed E-state index contributed by atoms with van der Waals surface area (Å²) >= 11 is 1.48. The Bertz CT molecular complexity index is 735. The Morgan fingerprint density at radius 3 is 3.11 bits per heavy atom. The molecule has 2 aromatic heterocycles. The van der Waals surface area contributed by atoms with Gasteiger partial charge in [-0.2, -0.15) is 4.98 Å². The first-order valence-electron chi connectivity index (χ1n) is 5.78. The van der Waals surface area contributed by atoms with Crippen molar-refractivity contribution in [3.63, 3.8) is 0 Å². The predicted octanol–water partition coefficient (Wildman–Crippen LogP) is 3.09. The number of benzene rings is 1. The van der Waals surface area contributed by atoms with E-state index in [-0.39, 0.29) is 18.1 Å². The minimum Gasteiger partial charge on any atom is -0.434 e. The smallest absolute Gasteiger partial charge is 0.243 e. The Morgan fingerprint density at radius 1 is 1.47 bits per heavy atom. The number of nitrogens with zero attached hydrogens (tertiary/aromatic N) is 2. The molecule has 0 spiro atoms. The maximum Gasteiger partial charge on any atom is 0.243 e. The van der Waals surface area contributed by atoms with Crippen molar-refractivity contribution in [1.29, 1.82) is 0 Å². The Kier molecular flexibility index (Phi) is 2.96. The van der Waals surface area contributed by atoms with Crippen molar-refractivity contribution in [3.05, 3.63) is 46.9 Å². The third-order valence-electron chi connectivity index (χ3n) is 2.88. The van der Waals surface area contributed by atoms with E-state index >= 15 is 0 Å². The summed E-state index contributed by atoms with van der Waals surface area (Å²) in [6.07, 6.45) is 1.87. The summed E-state index contributed by atoms with van der Waals surface area (Å²) in [6, 6.07) is 5.02. The van der Waals surface area contributed by atoms with E-state index in [0.717, 1.165) is 10.7 Å². The number of halogens is 1. The molecule has 98 valence electrons. The lowest BCUT2D eigenvalue weighted by Gasteiger charge is -2.07. The number of fused-ring (bicyclic) bond motifs is 1. The van der Waals surface area contributed by atoms with E-state index in [2.05, 4.69) is 4.98 Å². The number of imidazole rings is 1. The van der Waals surface area contributed by atoms with Crippen LogP contribution in [0.1, 0.15) is 11.3 Å². The van der Waals surface area contributed by atoms with Gasteiger partial charge in [-0.05, 0) is 18.6 Å². The minimum absolute atomic E-state index is 0.167. The second-order valence-electron chi connectivity index (χ2n) is 4.11. The monoisotopic (exact) mass is 277 g/mol. The molecule has 0 unspecified atom stereocenters. The van der Waals surface area contributed by atoms with Gasteiger partial charge in [0, 0.05) is 18.1 Å². The van der Waals surface area contributed by atoms with Gasteiger partial charge < -0.3 is 10.5 Å². The van der Waals surface area contributed by atoms with Gasteiger partial charge in [0.25, 0.3) is 0 Å². The molecule has 0 saturated carbocycles. The summed E-state index contributed by atoms with van der Waals surface area (Å²) in [4.78, 5) is 5.10. The Hall–Kier alpha value is -1.92. The third-order valence-corrected chi connectivity index (χ3v) is 3.64. The van der Waals surface area contributed by atoms with Gasteiger partial charge in [-0.1, -0.05) is 12.1 Å². The number of aromatic nitrogens is 2. The molecule has 0 aliphatic carbocycles. The zero-order valence-corrected chi connectivity index (χ0v) is 11.1. The first-order chi connectivity index (χ1) is 9.20. The van der Waals surface area contributed by atoms with Crippen LogP contribution in [-0.4, -0.2) is 9.38 Å². The SMILES string of the molecule is Cc1cccc(Oc2nc3sccn3c2CN)c1F. The van der Waals surface area contributed by atoms with E-state index in [1.165, 1.54) is 11.3 Å². The lowest BCUT2D eigenvalue weighted by atomic mass is 10.2. The van der Waals surface area contributed by atoms with Gasteiger partial charge in [0.15, 0.2) is 16.5 Å². The molecule has 2 N–H and O–H groups in total. The lowest BCUT2D eigenvalue weighted by molar-refractivity contribution is 0.423. The number of nitrogens with two attached hydrogens (primary N) is 1. The summed E-state index contributed by atoms with van der Waals surface area (Å²) in [5.41, 5.74) is 6.98. The van der Waals surface area contributed by atoms with Crippen molar-refractivity contribution in [2.75, 3.05) is 0 Å². The van der Waals surface area contributed by atoms with Gasteiger partial charge in [0.2, 0.25) is 5.88 Å². The van der Waals surface area contributed by atoms with Crippen LogP contribution >= 0.6 is 11.3 Å². The molecule has 19 heavy (non-hydrogen) atoms. The van der Waals surface area contributed by atoms with Crippen molar-refractivity contribution < 1.29 is 9.13 Å². The van der Waals surface area contributed by atoms with E-state index in [1.54, 1.807) is 25.1 Å². The van der Waals surface area contributed by atoms with Crippen LogP contribution in [0, 0.1) is 12.7 Å². The molecule has 2 heterocycles. The van der Waals surface area contributed by atoms with Crippen LogP contribution in [-0.2, 0) is 6.54 Å². The van der Waals surface area contributed by atoms with Crippen LogP contribution in [0.3, 0.4) is 0 Å². The lowest BCUT2D eigenvalue weighted by Crippen LogP contribution is -2.02. The fourth-order valence-electron chi connectivity index (χ4n) is 1.88. The highest BCUT2D eigenvalue weighted by Crippen LogP contribution is 2.29. The van der Waals surface area contributed by atoms with E-state index in [0.29, 0.717) is 11.4 Å². The highest BCUT2D eigenvalue weighted by atomic mass is 32.1. The van der Waals surface area contributed by atoms with Crippen molar-refractivity contribution in [2.45, 2.75) is 13.5 Å². The van der Waals surface area contributed by atoms with Gasteiger partial charge in [-0.3, -0.25) is 4.40 Å². The molecule has 0 aliphatic heterocycles. The molecule has 0 fully saturated rings. The molecule has 3 rings (SSSR count). The molecule has 0 bridgehead atoms. The summed E-state index contributed by atoms with van der Waals surface area (Å²) in [5, 5.41) is 1.92. The second-order valence-corrected chi connectivity index (χ2v) is 4.99. The minimum atomic E-state index is -0.373. The average molecular weight is 277 g/mol. The zero-order chi connectivity index (χ0) is 13.4.